The van der Waals surface area contributed by atoms with Crippen LogP contribution in [0.4, 0.5) is 0 Å². The molecule has 0 aromatic carbocycles. The van der Waals surface area contributed by atoms with Crippen molar-refractivity contribution >= 4 is 0 Å². The molecule has 3 rings (SSSR count). The van der Waals surface area contributed by atoms with Crippen LogP contribution >= 0.6 is 0 Å². The molecule has 0 radical (unpaired) electrons. The number of aryl methyl sites for hydroxylation is 1. The summed E-state index contributed by atoms with van der Waals surface area (Å²) in [5.41, 5.74) is 0. The van der Waals surface area contributed by atoms with Gasteiger partial charge < -0.3 is 10.4 Å². The van der Waals surface area contributed by atoms with Crippen molar-refractivity contribution in [1.82, 2.24) is 20.1 Å². The molecule has 2 aliphatic heterocycles. The predicted molar refractivity (Wildman–Crippen MR) is 58.8 cm³/mol. The monoisotopic (exact) mass is 222 g/mol. The van der Waals surface area contributed by atoms with E-state index in [0.717, 1.165) is 43.9 Å². The Balaban J connectivity index is 1.85. The zero-order valence-corrected chi connectivity index (χ0v) is 9.39. The average Bonchev–Trinajstić information content (AvgIpc) is 2.76. The van der Waals surface area contributed by atoms with Gasteiger partial charge in [0.05, 0.1) is 6.04 Å². The summed E-state index contributed by atoms with van der Waals surface area (Å²) in [6.07, 6.45) is 5.88. The molecule has 1 fully saturated rings. The molecule has 3 heterocycles. The molecule has 1 aromatic heterocycles. The second-order valence-electron chi connectivity index (χ2n) is 4.71. The average molecular weight is 222 g/mol. The maximum atomic E-state index is 9.81. The van der Waals surface area contributed by atoms with Gasteiger partial charge >= 0.3 is 0 Å². The molecule has 1 saturated heterocycles. The number of nitrogens with one attached hydrogen (secondary N) is 1. The second-order valence-corrected chi connectivity index (χ2v) is 4.71. The molecule has 16 heavy (non-hydrogen) atoms. The van der Waals surface area contributed by atoms with Crippen molar-refractivity contribution in [3.8, 4) is 0 Å². The van der Waals surface area contributed by atoms with E-state index >= 15 is 0 Å². The molecule has 0 amide bonds. The lowest BCUT2D eigenvalue weighted by Crippen LogP contribution is -2.27. The van der Waals surface area contributed by atoms with Gasteiger partial charge in [-0.25, -0.2) is 9.67 Å². The van der Waals surface area contributed by atoms with Crippen LogP contribution in [-0.4, -0.2) is 26.4 Å². The lowest BCUT2D eigenvalue weighted by atomic mass is 10.0. The maximum absolute atomic E-state index is 9.81. The Morgan fingerprint density at radius 1 is 1.25 bits per heavy atom. The molecule has 1 aromatic rings. The van der Waals surface area contributed by atoms with E-state index < -0.39 is 6.23 Å². The summed E-state index contributed by atoms with van der Waals surface area (Å²) in [5, 5.41) is 17.7. The van der Waals surface area contributed by atoms with E-state index in [1.807, 2.05) is 0 Å². The SMILES string of the molecule is OC1CCCc2nc(C3CCCCN3)nn21. The Bertz CT molecular complexity index is 370. The number of aliphatic hydroxyl groups is 1. The molecule has 5 nitrogen and oxygen atoms in total. The van der Waals surface area contributed by atoms with Crippen molar-refractivity contribution in [2.75, 3.05) is 6.54 Å². The van der Waals surface area contributed by atoms with Gasteiger partial charge in [-0.05, 0) is 32.2 Å². The normalized spacial score (nSPS) is 30.1. The zero-order valence-electron chi connectivity index (χ0n) is 9.39. The van der Waals surface area contributed by atoms with E-state index in [1.165, 1.54) is 12.8 Å². The quantitative estimate of drug-likeness (QED) is 0.741. The summed E-state index contributed by atoms with van der Waals surface area (Å²) in [4.78, 5) is 4.55. The van der Waals surface area contributed by atoms with Crippen molar-refractivity contribution in [3.63, 3.8) is 0 Å². The standard InChI is InChI=1S/C11H18N4O/c16-10-6-3-5-9-13-11(14-15(9)10)8-4-1-2-7-12-8/h8,10,12,16H,1-7H2. The van der Waals surface area contributed by atoms with E-state index in [0.29, 0.717) is 6.04 Å². The minimum absolute atomic E-state index is 0.291. The first-order chi connectivity index (χ1) is 7.84. The molecular formula is C11H18N4O. The van der Waals surface area contributed by atoms with Crippen LogP contribution in [0.15, 0.2) is 0 Å². The number of hydrogen-bond acceptors (Lipinski definition) is 4. The molecule has 0 bridgehead atoms. The number of hydrogen-bond donors (Lipinski definition) is 2. The van der Waals surface area contributed by atoms with Gasteiger partial charge in [-0.3, -0.25) is 0 Å². The van der Waals surface area contributed by atoms with E-state index in [-0.39, 0.29) is 0 Å². The number of aliphatic hydroxyl groups excluding tert-OH is 1. The van der Waals surface area contributed by atoms with Gasteiger partial charge in [0.25, 0.3) is 0 Å². The van der Waals surface area contributed by atoms with Crippen LogP contribution in [0.2, 0.25) is 0 Å². The van der Waals surface area contributed by atoms with Crippen molar-refractivity contribution in [1.29, 1.82) is 0 Å². The predicted octanol–water partition coefficient (Wildman–Crippen LogP) is 0.920. The number of rotatable bonds is 1. The molecule has 2 aliphatic rings. The van der Waals surface area contributed by atoms with Gasteiger partial charge in [-0.15, -0.1) is 0 Å². The molecule has 2 atom stereocenters. The fourth-order valence-corrected chi connectivity index (χ4v) is 2.57. The second kappa shape index (κ2) is 4.14. The van der Waals surface area contributed by atoms with E-state index in [1.54, 1.807) is 4.68 Å². The zero-order chi connectivity index (χ0) is 11.0. The fourth-order valence-electron chi connectivity index (χ4n) is 2.57. The first kappa shape index (κ1) is 10.2. The van der Waals surface area contributed by atoms with Crippen LogP contribution in [0.25, 0.3) is 0 Å². The third-order valence-electron chi connectivity index (χ3n) is 3.49. The Kier molecular flexibility index (Phi) is 2.65. The molecule has 2 N–H and O–H groups in total. The van der Waals surface area contributed by atoms with Crippen LogP contribution in [0.1, 0.15) is 56.0 Å². The molecule has 0 saturated carbocycles. The fraction of sp³-hybridized carbons (Fsp3) is 0.818. The summed E-state index contributed by atoms with van der Waals surface area (Å²) < 4.78 is 1.70. The van der Waals surface area contributed by atoms with Crippen molar-refractivity contribution in [2.24, 2.45) is 0 Å². The highest BCUT2D eigenvalue weighted by Crippen LogP contribution is 2.25. The summed E-state index contributed by atoms with van der Waals surface area (Å²) in [6, 6.07) is 0.291. The van der Waals surface area contributed by atoms with Crippen molar-refractivity contribution < 1.29 is 5.11 Å². The Morgan fingerprint density at radius 3 is 2.94 bits per heavy atom. The van der Waals surface area contributed by atoms with Gasteiger partial charge in [0.15, 0.2) is 5.82 Å². The first-order valence-electron chi connectivity index (χ1n) is 6.21. The van der Waals surface area contributed by atoms with Gasteiger partial charge in [0.2, 0.25) is 0 Å². The Hall–Kier alpha value is -0.940. The maximum Gasteiger partial charge on any atom is 0.167 e. The van der Waals surface area contributed by atoms with Crippen LogP contribution in [0.5, 0.6) is 0 Å². The number of fused-ring (bicyclic) bond motifs is 1. The lowest BCUT2D eigenvalue weighted by Gasteiger charge is -2.20. The third kappa shape index (κ3) is 1.74. The highest BCUT2D eigenvalue weighted by Gasteiger charge is 2.25. The lowest BCUT2D eigenvalue weighted by molar-refractivity contribution is 0.0641. The molecule has 2 unspecified atom stereocenters. The van der Waals surface area contributed by atoms with Crippen LogP contribution in [0.3, 0.4) is 0 Å². The molecule has 88 valence electrons. The van der Waals surface area contributed by atoms with Crippen molar-refractivity contribution in [2.45, 2.75) is 50.8 Å². The van der Waals surface area contributed by atoms with Crippen LogP contribution in [0, 0.1) is 0 Å². The summed E-state index contributed by atoms with van der Waals surface area (Å²) >= 11 is 0. The highest BCUT2D eigenvalue weighted by molar-refractivity contribution is 5.02. The Morgan fingerprint density at radius 2 is 2.19 bits per heavy atom. The topological polar surface area (TPSA) is 63.0 Å². The van der Waals surface area contributed by atoms with E-state index in [9.17, 15) is 5.11 Å². The van der Waals surface area contributed by atoms with Gasteiger partial charge in [0, 0.05) is 6.42 Å². The minimum Gasteiger partial charge on any atom is -0.372 e. The van der Waals surface area contributed by atoms with Crippen LogP contribution < -0.4 is 5.32 Å². The third-order valence-corrected chi connectivity index (χ3v) is 3.49. The van der Waals surface area contributed by atoms with Gasteiger partial charge in [-0.2, -0.15) is 5.10 Å². The van der Waals surface area contributed by atoms with Gasteiger partial charge in [0.1, 0.15) is 12.1 Å². The summed E-state index contributed by atoms with van der Waals surface area (Å²) in [7, 11) is 0. The van der Waals surface area contributed by atoms with Gasteiger partial charge in [-0.1, -0.05) is 6.42 Å². The summed E-state index contributed by atoms with van der Waals surface area (Å²) in [6.45, 7) is 1.05. The van der Waals surface area contributed by atoms with Crippen molar-refractivity contribution in [3.05, 3.63) is 11.6 Å². The largest absolute Gasteiger partial charge is 0.372 e. The summed E-state index contributed by atoms with van der Waals surface area (Å²) in [5.74, 6) is 1.82. The Labute approximate surface area is 94.9 Å². The van der Waals surface area contributed by atoms with E-state index in [2.05, 4.69) is 15.4 Å². The molecule has 0 aliphatic carbocycles. The van der Waals surface area contributed by atoms with Crippen LogP contribution in [-0.2, 0) is 6.42 Å². The number of aromatic nitrogens is 3. The number of nitrogens with zero attached hydrogens (tertiary/aromatic N) is 3. The number of piperidine rings is 1. The molecule has 5 heteroatoms. The smallest absolute Gasteiger partial charge is 0.167 e. The van der Waals surface area contributed by atoms with E-state index in [4.69, 9.17) is 0 Å². The molecular weight excluding hydrogens is 204 g/mol. The minimum atomic E-state index is -0.464. The first-order valence-corrected chi connectivity index (χ1v) is 6.21. The highest BCUT2D eigenvalue weighted by atomic mass is 16.3. The molecule has 0 spiro atoms.